The molecule has 2 heterocycles. The van der Waals surface area contributed by atoms with E-state index in [2.05, 4.69) is 5.32 Å². The number of rotatable bonds is 3. The van der Waals surface area contributed by atoms with Crippen molar-refractivity contribution in [2.24, 2.45) is 0 Å². The van der Waals surface area contributed by atoms with Crippen LogP contribution in [0.3, 0.4) is 0 Å². The average molecular weight is 330 g/mol. The first kappa shape index (κ1) is 16.4. The number of hydrogen-bond donors (Lipinski definition) is 1. The van der Waals surface area contributed by atoms with Crippen LogP contribution in [0.4, 0.5) is 0 Å². The fourth-order valence-electron chi connectivity index (χ4n) is 2.94. The molecule has 0 radical (unpaired) electrons. The van der Waals surface area contributed by atoms with Gasteiger partial charge in [0.25, 0.3) is 5.91 Å². The minimum Gasteiger partial charge on any atom is -0.454 e. The molecule has 1 N–H and O–H groups in total. The van der Waals surface area contributed by atoms with E-state index >= 15 is 0 Å². The van der Waals surface area contributed by atoms with Crippen LogP contribution in [-0.2, 0) is 4.79 Å². The summed E-state index contributed by atoms with van der Waals surface area (Å²) in [7, 11) is 0. The van der Waals surface area contributed by atoms with E-state index in [9.17, 15) is 9.59 Å². The second-order valence-corrected chi connectivity index (χ2v) is 6.36. The predicted molar refractivity (Wildman–Crippen MR) is 89.1 cm³/mol. The van der Waals surface area contributed by atoms with Crippen LogP contribution in [0.15, 0.2) is 29.8 Å². The number of hydrogen-bond acceptors (Lipinski definition) is 4. The number of amides is 2. The number of nitrogens with one attached hydrogen (secondary N) is 1. The monoisotopic (exact) mass is 330 g/mol. The Morgan fingerprint density at radius 1 is 1.17 bits per heavy atom. The van der Waals surface area contributed by atoms with Gasteiger partial charge in [-0.2, -0.15) is 0 Å². The van der Waals surface area contributed by atoms with Gasteiger partial charge in [0.05, 0.1) is 0 Å². The molecule has 1 saturated heterocycles. The molecule has 0 spiro atoms. The first-order valence-electron chi connectivity index (χ1n) is 8.17. The van der Waals surface area contributed by atoms with E-state index in [1.165, 1.54) is 0 Å². The Bertz CT molecular complexity index is 672. The summed E-state index contributed by atoms with van der Waals surface area (Å²) in [5.74, 6) is 1.22. The molecule has 24 heavy (non-hydrogen) atoms. The molecule has 0 bridgehead atoms. The van der Waals surface area contributed by atoms with E-state index in [-0.39, 0.29) is 24.6 Å². The Labute approximate surface area is 141 Å². The molecular weight excluding hydrogens is 308 g/mol. The van der Waals surface area contributed by atoms with Crippen molar-refractivity contribution < 1.29 is 19.1 Å². The molecule has 0 aliphatic carbocycles. The Morgan fingerprint density at radius 3 is 2.58 bits per heavy atom. The minimum atomic E-state index is -0.0597. The molecule has 2 aliphatic rings. The first-order valence-corrected chi connectivity index (χ1v) is 8.17. The zero-order valence-corrected chi connectivity index (χ0v) is 14.0. The molecule has 0 atom stereocenters. The Morgan fingerprint density at radius 2 is 1.88 bits per heavy atom. The van der Waals surface area contributed by atoms with E-state index < -0.39 is 0 Å². The molecule has 6 heteroatoms. The molecule has 0 aromatic heterocycles. The molecule has 1 fully saturated rings. The van der Waals surface area contributed by atoms with Crippen molar-refractivity contribution in [3.05, 3.63) is 35.4 Å². The zero-order valence-electron chi connectivity index (χ0n) is 14.0. The van der Waals surface area contributed by atoms with E-state index in [0.717, 1.165) is 18.4 Å². The molecule has 1 aromatic rings. The third-order valence-electron chi connectivity index (χ3n) is 4.17. The number of nitrogens with zero attached hydrogens (tertiary/aromatic N) is 1. The van der Waals surface area contributed by atoms with Crippen molar-refractivity contribution in [1.29, 1.82) is 0 Å². The van der Waals surface area contributed by atoms with Crippen molar-refractivity contribution >= 4 is 11.8 Å². The Balaban J connectivity index is 1.55. The van der Waals surface area contributed by atoms with Crippen LogP contribution in [0, 0.1) is 0 Å². The lowest BCUT2D eigenvalue weighted by molar-refractivity contribution is -0.117. The SMILES string of the molecule is CC(C)=CC(=O)NC1CCN(C(=O)c2ccc3c(c2)OCO3)CC1. The number of carbonyl (C=O) groups excluding carboxylic acids is 2. The third-order valence-corrected chi connectivity index (χ3v) is 4.17. The van der Waals surface area contributed by atoms with Crippen LogP contribution >= 0.6 is 0 Å². The summed E-state index contributed by atoms with van der Waals surface area (Å²) in [6.45, 7) is 5.25. The maximum absolute atomic E-state index is 12.6. The molecule has 6 nitrogen and oxygen atoms in total. The lowest BCUT2D eigenvalue weighted by Crippen LogP contribution is -2.46. The largest absolute Gasteiger partial charge is 0.454 e. The molecule has 0 unspecified atom stereocenters. The van der Waals surface area contributed by atoms with Crippen LogP contribution in [-0.4, -0.2) is 42.6 Å². The highest BCUT2D eigenvalue weighted by Crippen LogP contribution is 2.33. The highest BCUT2D eigenvalue weighted by Gasteiger charge is 2.25. The third kappa shape index (κ3) is 3.69. The summed E-state index contributed by atoms with van der Waals surface area (Å²) >= 11 is 0. The number of benzene rings is 1. The van der Waals surface area contributed by atoms with Crippen molar-refractivity contribution in [2.75, 3.05) is 19.9 Å². The van der Waals surface area contributed by atoms with E-state index in [1.54, 1.807) is 24.3 Å². The fourth-order valence-corrected chi connectivity index (χ4v) is 2.94. The second kappa shape index (κ2) is 6.95. The van der Waals surface area contributed by atoms with Gasteiger partial charge in [0.2, 0.25) is 12.7 Å². The molecule has 128 valence electrons. The number of carbonyl (C=O) groups is 2. The summed E-state index contributed by atoms with van der Waals surface area (Å²) in [5.41, 5.74) is 1.58. The van der Waals surface area contributed by atoms with Crippen LogP contribution in [0.25, 0.3) is 0 Å². The van der Waals surface area contributed by atoms with Gasteiger partial charge < -0.3 is 19.7 Å². The summed E-state index contributed by atoms with van der Waals surface area (Å²) in [4.78, 5) is 26.2. The number of allylic oxidation sites excluding steroid dienone is 1. The highest BCUT2D eigenvalue weighted by atomic mass is 16.7. The summed E-state index contributed by atoms with van der Waals surface area (Å²) in [6.07, 6.45) is 3.13. The van der Waals surface area contributed by atoms with E-state index in [4.69, 9.17) is 9.47 Å². The van der Waals surface area contributed by atoms with Crippen molar-refractivity contribution in [3.8, 4) is 11.5 Å². The number of fused-ring (bicyclic) bond motifs is 1. The van der Waals surface area contributed by atoms with Gasteiger partial charge in [-0.25, -0.2) is 0 Å². The van der Waals surface area contributed by atoms with Crippen LogP contribution in [0.5, 0.6) is 11.5 Å². The van der Waals surface area contributed by atoms with Crippen LogP contribution < -0.4 is 14.8 Å². The second-order valence-electron chi connectivity index (χ2n) is 6.36. The normalized spacial score (nSPS) is 16.7. The van der Waals surface area contributed by atoms with Crippen LogP contribution in [0.2, 0.25) is 0 Å². The summed E-state index contributed by atoms with van der Waals surface area (Å²) in [5, 5.41) is 2.99. The number of piperidine rings is 1. The van der Waals surface area contributed by atoms with Crippen molar-refractivity contribution in [3.63, 3.8) is 0 Å². The van der Waals surface area contributed by atoms with Gasteiger partial charge in [0.1, 0.15) is 0 Å². The maximum atomic E-state index is 12.6. The van der Waals surface area contributed by atoms with Gasteiger partial charge in [-0.05, 0) is 44.9 Å². The average Bonchev–Trinajstić information content (AvgIpc) is 3.01. The zero-order chi connectivity index (χ0) is 17.1. The molecule has 0 saturated carbocycles. The van der Waals surface area contributed by atoms with E-state index in [0.29, 0.717) is 30.2 Å². The van der Waals surface area contributed by atoms with Crippen molar-refractivity contribution in [2.45, 2.75) is 32.7 Å². The molecule has 2 amide bonds. The van der Waals surface area contributed by atoms with Crippen LogP contribution in [0.1, 0.15) is 37.0 Å². The molecular formula is C18H22N2O4. The van der Waals surface area contributed by atoms with Gasteiger partial charge >= 0.3 is 0 Å². The van der Waals surface area contributed by atoms with Gasteiger partial charge in [-0.3, -0.25) is 9.59 Å². The standard InChI is InChI=1S/C18H22N2O4/c1-12(2)9-17(21)19-14-5-7-20(8-6-14)18(22)13-3-4-15-16(10-13)24-11-23-15/h3-4,9-10,14H,5-8,11H2,1-2H3,(H,19,21). The Kier molecular flexibility index (Phi) is 4.74. The van der Waals surface area contributed by atoms with E-state index in [1.807, 2.05) is 18.7 Å². The maximum Gasteiger partial charge on any atom is 0.253 e. The summed E-state index contributed by atoms with van der Waals surface area (Å²) in [6, 6.07) is 5.38. The van der Waals surface area contributed by atoms with Gasteiger partial charge in [0, 0.05) is 30.8 Å². The predicted octanol–water partition coefficient (Wildman–Crippen LogP) is 2.10. The van der Waals surface area contributed by atoms with Gasteiger partial charge in [-0.1, -0.05) is 5.57 Å². The first-order chi connectivity index (χ1) is 11.5. The summed E-state index contributed by atoms with van der Waals surface area (Å²) < 4.78 is 10.6. The lowest BCUT2D eigenvalue weighted by atomic mass is 10.0. The number of ether oxygens (including phenoxy) is 2. The topological polar surface area (TPSA) is 67.9 Å². The molecule has 1 aromatic carbocycles. The smallest absolute Gasteiger partial charge is 0.253 e. The van der Waals surface area contributed by atoms with Gasteiger partial charge in [-0.15, -0.1) is 0 Å². The Hall–Kier alpha value is -2.50. The number of likely N-dealkylation sites (tertiary alicyclic amines) is 1. The lowest BCUT2D eigenvalue weighted by Gasteiger charge is -2.32. The highest BCUT2D eigenvalue weighted by molar-refractivity contribution is 5.95. The van der Waals surface area contributed by atoms with Gasteiger partial charge in [0.15, 0.2) is 11.5 Å². The molecule has 2 aliphatic heterocycles. The quantitative estimate of drug-likeness (QED) is 0.862. The van der Waals surface area contributed by atoms with Crippen molar-refractivity contribution in [1.82, 2.24) is 10.2 Å². The molecule has 3 rings (SSSR count). The fraction of sp³-hybridized carbons (Fsp3) is 0.444. The minimum absolute atomic E-state index is 0.0117.